The summed E-state index contributed by atoms with van der Waals surface area (Å²) < 4.78 is 0.951. The van der Waals surface area contributed by atoms with Crippen molar-refractivity contribution < 1.29 is 9.90 Å². The SMILES string of the molecule is O=C1Nc2cc(Br)ccc2N2CCC(O)C[C@@H]12. The molecular formula is C12H13BrN2O2. The van der Waals surface area contributed by atoms with E-state index >= 15 is 0 Å². The molecule has 90 valence electrons. The molecular weight excluding hydrogens is 284 g/mol. The van der Waals surface area contributed by atoms with Gasteiger partial charge in [0, 0.05) is 17.4 Å². The highest BCUT2D eigenvalue weighted by molar-refractivity contribution is 9.10. The number of hydrogen-bond donors (Lipinski definition) is 2. The Labute approximate surface area is 108 Å². The fraction of sp³-hybridized carbons (Fsp3) is 0.417. The molecule has 0 radical (unpaired) electrons. The Morgan fingerprint density at radius 2 is 2.29 bits per heavy atom. The summed E-state index contributed by atoms with van der Waals surface area (Å²) in [5, 5.41) is 12.5. The van der Waals surface area contributed by atoms with Crippen LogP contribution in [0.1, 0.15) is 12.8 Å². The van der Waals surface area contributed by atoms with Crippen molar-refractivity contribution in [2.24, 2.45) is 0 Å². The van der Waals surface area contributed by atoms with Crippen LogP contribution in [0.4, 0.5) is 11.4 Å². The van der Waals surface area contributed by atoms with Crippen molar-refractivity contribution in [3.63, 3.8) is 0 Å². The Kier molecular flexibility index (Phi) is 2.60. The van der Waals surface area contributed by atoms with Gasteiger partial charge in [0.05, 0.1) is 17.5 Å². The highest BCUT2D eigenvalue weighted by Gasteiger charge is 2.37. The number of benzene rings is 1. The molecule has 4 nitrogen and oxygen atoms in total. The molecule has 1 unspecified atom stereocenters. The van der Waals surface area contributed by atoms with Crippen LogP contribution in [0.5, 0.6) is 0 Å². The van der Waals surface area contributed by atoms with Gasteiger partial charge in [-0.2, -0.15) is 0 Å². The van der Waals surface area contributed by atoms with Gasteiger partial charge >= 0.3 is 0 Å². The summed E-state index contributed by atoms with van der Waals surface area (Å²) >= 11 is 3.40. The minimum Gasteiger partial charge on any atom is -0.393 e. The van der Waals surface area contributed by atoms with E-state index < -0.39 is 0 Å². The molecule has 2 atom stereocenters. The second-order valence-corrected chi connectivity index (χ2v) is 5.45. The van der Waals surface area contributed by atoms with Gasteiger partial charge in [-0.1, -0.05) is 15.9 Å². The molecule has 1 amide bonds. The van der Waals surface area contributed by atoms with Crippen molar-refractivity contribution in [1.82, 2.24) is 0 Å². The van der Waals surface area contributed by atoms with Gasteiger partial charge in [-0.15, -0.1) is 0 Å². The van der Waals surface area contributed by atoms with Crippen LogP contribution in [0, 0.1) is 0 Å². The van der Waals surface area contributed by atoms with Crippen LogP contribution in [0.25, 0.3) is 0 Å². The van der Waals surface area contributed by atoms with Crippen molar-refractivity contribution >= 4 is 33.2 Å². The summed E-state index contributed by atoms with van der Waals surface area (Å²) in [5.74, 6) is -0.0191. The maximum atomic E-state index is 12.0. The topological polar surface area (TPSA) is 52.6 Å². The Balaban J connectivity index is 2.02. The minimum absolute atomic E-state index is 0.0191. The van der Waals surface area contributed by atoms with E-state index in [9.17, 15) is 9.90 Å². The third kappa shape index (κ3) is 1.83. The number of halogens is 1. The second kappa shape index (κ2) is 3.99. The van der Waals surface area contributed by atoms with Gasteiger partial charge in [0.1, 0.15) is 6.04 Å². The predicted molar refractivity (Wildman–Crippen MR) is 69.1 cm³/mol. The lowest BCUT2D eigenvalue weighted by Crippen LogP contribution is -2.53. The summed E-state index contributed by atoms with van der Waals surface area (Å²) in [6, 6.07) is 5.66. The van der Waals surface area contributed by atoms with E-state index in [1.54, 1.807) is 0 Å². The maximum Gasteiger partial charge on any atom is 0.247 e. The number of aliphatic hydroxyl groups excluding tert-OH is 1. The van der Waals surface area contributed by atoms with E-state index in [1.807, 2.05) is 18.2 Å². The van der Waals surface area contributed by atoms with E-state index in [0.717, 1.165) is 28.8 Å². The molecule has 3 rings (SSSR count). The highest BCUT2D eigenvalue weighted by atomic mass is 79.9. The third-order valence-corrected chi connectivity index (χ3v) is 3.90. The van der Waals surface area contributed by atoms with Crippen molar-refractivity contribution in [2.75, 3.05) is 16.8 Å². The van der Waals surface area contributed by atoms with Crippen LogP contribution < -0.4 is 10.2 Å². The first-order chi connectivity index (χ1) is 8.15. The number of carbonyl (C=O) groups excluding carboxylic acids is 1. The second-order valence-electron chi connectivity index (χ2n) is 4.54. The zero-order valence-electron chi connectivity index (χ0n) is 9.19. The smallest absolute Gasteiger partial charge is 0.247 e. The Hall–Kier alpha value is -1.07. The summed E-state index contributed by atoms with van der Waals surface area (Å²) in [4.78, 5) is 14.1. The number of hydrogen-bond acceptors (Lipinski definition) is 3. The number of nitrogens with zero attached hydrogens (tertiary/aromatic N) is 1. The van der Waals surface area contributed by atoms with Crippen LogP contribution in [0.3, 0.4) is 0 Å². The van der Waals surface area contributed by atoms with Gasteiger partial charge in [0.15, 0.2) is 0 Å². The average molecular weight is 297 g/mol. The Bertz CT molecular complexity index is 478. The molecule has 0 aliphatic carbocycles. The predicted octanol–water partition coefficient (Wildman–Crippen LogP) is 1.73. The van der Waals surface area contributed by atoms with Crippen molar-refractivity contribution in [2.45, 2.75) is 25.0 Å². The lowest BCUT2D eigenvalue weighted by molar-refractivity contribution is -0.118. The number of nitrogens with one attached hydrogen (secondary N) is 1. The molecule has 2 heterocycles. The van der Waals surface area contributed by atoms with Gasteiger partial charge in [0.25, 0.3) is 0 Å². The fourth-order valence-electron chi connectivity index (χ4n) is 2.56. The molecule has 0 spiro atoms. The molecule has 0 saturated carbocycles. The number of aliphatic hydroxyl groups is 1. The summed E-state index contributed by atoms with van der Waals surface area (Å²) in [5.41, 5.74) is 1.89. The van der Waals surface area contributed by atoms with E-state index in [4.69, 9.17) is 0 Å². The lowest BCUT2D eigenvalue weighted by atomic mass is 9.95. The van der Waals surface area contributed by atoms with E-state index in [1.165, 1.54) is 0 Å². The molecule has 1 saturated heterocycles. The number of carbonyl (C=O) groups is 1. The number of anilines is 2. The zero-order valence-corrected chi connectivity index (χ0v) is 10.8. The largest absolute Gasteiger partial charge is 0.393 e. The molecule has 1 fully saturated rings. The molecule has 17 heavy (non-hydrogen) atoms. The molecule has 0 aromatic heterocycles. The third-order valence-electron chi connectivity index (χ3n) is 3.40. The monoisotopic (exact) mass is 296 g/mol. The molecule has 1 aromatic rings. The quantitative estimate of drug-likeness (QED) is 0.767. The number of rotatable bonds is 0. The first kappa shape index (κ1) is 11.0. The van der Waals surface area contributed by atoms with E-state index in [-0.39, 0.29) is 18.1 Å². The Morgan fingerprint density at radius 3 is 3.12 bits per heavy atom. The van der Waals surface area contributed by atoms with Crippen LogP contribution >= 0.6 is 15.9 Å². The standard InChI is InChI=1S/C12H13BrN2O2/c13-7-1-2-10-9(5-7)14-12(17)11-6-8(16)3-4-15(10)11/h1-2,5,8,11,16H,3-4,6H2,(H,14,17)/t8?,11-/m0/s1. The first-order valence-electron chi connectivity index (χ1n) is 5.70. The molecule has 2 aliphatic heterocycles. The van der Waals surface area contributed by atoms with Crippen LogP contribution in [0.2, 0.25) is 0 Å². The molecule has 1 aromatic carbocycles. The van der Waals surface area contributed by atoms with E-state index in [2.05, 4.69) is 26.1 Å². The zero-order chi connectivity index (χ0) is 12.0. The van der Waals surface area contributed by atoms with Crippen molar-refractivity contribution in [3.05, 3.63) is 22.7 Å². The maximum absolute atomic E-state index is 12.0. The molecule has 5 heteroatoms. The van der Waals surface area contributed by atoms with Gasteiger partial charge in [-0.3, -0.25) is 4.79 Å². The van der Waals surface area contributed by atoms with E-state index in [0.29, 0.717) is 6.42 Å². The van der Waals surface area contributed by atoms with Crippen molar-refractivity contribution in [1.29, 1.82) is 0 Å². The van der Waals surface area contributed by atoms with Gasteiger partial charge in [-0.05, 0) is 24.6 Å². The molecule has 0 bridgehead atoms. The van der Waals surface area contributed by atoms with Crippen molar-refractivity contribution in [3.8, 4) is 0 Å². The van der Waals surface area contributed by atoms with Gasteiger partial charge in [-0.25, -0.2) is 0 Å². The van der Waals surface area contributed by atoms with Gasteiger partial charge < -0.3 is 15.3 Å². The first-order valence-corrected chi connectivity index (χ1v) is 6.49. The summed E-state index contributed by atoms with van der Waals surface area (Å²) in [6.07, 6.45) is 0.875. The molecule has 2 aliphatic rings. The lowest BCUT2D eigenvalue weighted by Gasteiger charge is -2.42. The average Bonchev–Trinajstić information content (AvgIpc) is 2.29. The summed E-state index contributed by atoms with van der Waals surface area (Å²) in [7, 11) is 0. The Morgan fingerprint density at radius 1 is 1.47 bits per heavy atom. The minimum atomic E-state index is -0.362. The van der Waals surface area contributed by atoms with Crippen LogP contribution in [-0.4, -0.2) is 29.7 Å². The normalized spacial score (nSPS) is 27.2. The highest BCUT2D eigenvalue weighted by Crippen LogP contribution is 2.37. The van der Waals surface area contributed by atoms with Gasteiger partial charge in [0.2, 0.25) is 5.91 Å². The number of amides is 1. The fourth-order valence-corrected chi connectivity index (χ4v) is 2.92. The van der Waals surface area contributed by atoms with Crippen LogP contribution in [-0.2, 0) is 4.79 Å². The summed E-state index contributed by atoms with van der Waals surface area (Å²) in [6.45, 7) is 0.730. The number of fused-ring (bicyclic) bond motifs is 3. The molecule has 2 N–H and O–H groups in total. The number of piperidine rings is 1. The van der Waals surface area contributed by atoms with Crippen LogP contribution in [0.15, 0.2) is 22.7 Å².